The van der Waals surface area contributed by atoms with E-state index in [0.29, 0.717) is 54.1 Å². The first-order valence-corrected chi connectivity index (χ1v) is 16.6. The van der Waals surface area contributed by atoms with Gasteiger partial charge >= 0.3 is 5.69 Å². The van der Waals surface area contributed by atoms with E-state index >= 15 is 4.39 Å². The number of halogens is 3. The lowest BCUT2D eigenvalue weighted by Crippen LogP contribution is -2.33. The van der Waals surface area contributed by atoms with Gasteiger partial charge in [-0.15, -0.1) is 6.58 Å². The van der Waals surface area contributed by atoms with Gasteiger partial charge in [-0.2, -0.15) is 4.98 Å². The van der Waals surface area contributed by atoms with Crippen LogP contribution in [0.3, 0.4) is 0 Å². The van der Waals surface area contributed by atoms with Gasteiger partial charge in [0.25, 0.3) is 0 Å². The van der Waals surface area contributed by atoms with Crippen molar-refractivity contribution >= 4 is 28.5 Å². The van der Waals surface area contributed by atoms with Gasteiger partial charge in [0.15, 0.2) is 5.82 Å². The summed E-state index contributed by atoms with van der Waals surface area (Å²) in [5.74, 6) is -0.0275. The lowest BCUT2D eigenvalue weighted by Gasteiger charge is -2.30. The van der Waals surface area contributed by atoms with E-state index in [1.165, 1.54) is 4.57 Å². The number of rotatable bonds is 17. The van der Waals surface area contributed by atoms with E-state index in [2.05, 4.69) is 47.6 Å². The summed E-state index contributed by atoms with van der Waals surface area (Å²) in [7, 11) is 2.13. The minimum absolute atomic E-state index is 0.0123. The van der Waals surface area contributed by atoms with Crippen LogP contribution < -0.4 is 11.4 Å². The molecular weight excluding hydrogens is 620 g/mol. The lowest BCUT2D eigenvalue weighted by atomic mass is 10.0. The summed E-state index contributed by atoms with van der Waals surface area (Å²) < 4.78 is 29.4. The highest BCUT2D eigenvalue weighted by atomic mass is 35.5. The van der Waals surface area contributed by atoms with Crippen molar-refractivity contribution in [2.45, 2.75) is 64.5 Å². The molecule has 0 bridgehead atoms. The van der Waals surface area contributed by atoms with Gasteiger partial charge in [0.1, 0.15) is 12.3 Å². The van der Waals surface area contributed by atoms with Crippen molar-refractivity contribution in [2.75, 3.05) is 33.4 Å². The molecule has 2 atom stereocenters. The zero-order valence-electron chi connectivity index (χ0n) is 27.5. The Balaban J connectivity index is 1.53. The molecule has 0 aliphatic heterocycles. The van der Waals surface area contributed by atoms with E-state index in [1.54, 1.807) is 31.3 Å². The van der Waals surface area contributed by atoms with Crippen LogP contribution in [0.25, 0.3) is 28.0 Å². The van der Waals surface area contributed by atoms with Gasteiger partial charge in [-0.3, -0.25) is 14.9 Å². The highest BCUT2D eigenvalue weighted by molar-refractivity contribution is 6.31. The normalized spacial score (nSPS) is 12.9. The van der Waals surface area contributed by atoms with Crippen molar-refractivity contribution in [3.8, 4) is 16.9 Å². The lowest BCUT2D eigenvalue weighted by molar-refractivity contribution is 0.222. The van der Waals surface area contributed by atoms with Crippen LogP contribution >= 0.6 is 11.6 Å². The van der Waals surface area contributed by atoms with Crippen LogP contribution in [0.2, 0.25) is 5.02 Å². The molecule has 0 radical (unpaired) electrons. The van der Waals surface area contributed by atoms with E-state index in [1.807, 2.05) is 23.1 Å². The Labute approximate surface area is 280 Å². The van der Waals surface area contributed by atoms with Crippen molar-refractivity contribution in [1.82, 2.24) is 24.3 Å². The Morgan fingerprint density at radius 3 is 2.60 bits per heavy atom. The number of fused-ring (bicyclic) bond motifs is 1. The highest BCUT2D eigenvalue weighted by Crippen LogP contribution is 2.32. The van der Waals surface area contributed by atoms with Gasteiger partial charge in [0, 0.05) is 48.9 Å². The number of nitrogens with two attached hydrogens (primary N) is 1. The maximum absolute atomic E-state index is 15.2. The fourth-order valence-corrected chi connectivity index (χ4v) is 6.19. The second-order valence-electron chi connectivity index (χ2n) is 12.2. The third kappa shape index (κ3) is 9.15. The molecule has 0 amide bonds. The first-order valence-electron chi connectivity index (χ1n) is 16.2. The van der Waals surface area contributed by atoms with Crippen molar-refractivity contribution in [3.05, 3.63) is 93.8 Å². The fourth-order valence-electron chi connectivity index (χ4n) is 5.95. The first kappa shape index (κ1) is 36.0. The van der Waals surface area contributed by atoms with Crippen LogP contribution in [0, 0.1) is 11.2 Å². The molecule has 2 heterocycles. The van der Waals surface area contributed by atoms with Crippen LogP contribution in [-0.2, 0) is 6.42 Å². The highest BCUT2D eigenvalue weighted by Gasteiger charge is 2.18. The van der Waals surface area contributed by atoms with Gasteiger partial charge in [-0.05, 0) is 87.5 Å². The van der Waals surface area contributed by atoms with Gasteiger partial charge in [0.2, 0.25) is 0 Å². The number of aromatic nitrogens is 3. The van der Waals surface area contributed by atoms with E-state index in [-0.39, 0.29) is 16.6 Å². The molecular formula is C36H46ClF2N7O. The Hall–Kier alpha value is -3.86. The largest absolute Gasteiger partial charge is 0.357 e. The Bertz CT molecular complexity index is 1720. The number of aromatic amines is 1. The molecule has 0 saturated carbocycles. The molecule has 4 rings (SSSR count). The van der Waals surface area contributed by atoms with E-state index < -0.39 is 24.2 Å². The molecule has 0 aliphatic carbocycles. The molecule has 2 aromatic heterocycles. The average Bonchev–Trinajstić information content (AvgIpc) is 3.46. The number of alkyl halides is 1. The second-order valence-corrected chi connectivity index (χ2v) is 12.6. The Morgan fingerprint density at radius 1 is 1.19 bits per heavy atom. The standard InChI is InChI=1S/C36H46ClF2N7O/c1-5-9-33(44(4)17-8-18-45(16-6-2)24(3)40)26-12-14-29(15-13-26)46-23-27-21-32(42-35(27)43-36(46)47)30-19-25(20-31(37)34(30)39)10-7-11-28(41)22-38/h6,12-15,19-21,23,28,33,40H,2,5,7-11,16-18,22,41H2,1,3-4H3,(H,42,43,47). The minimum Gasteiger partial charge on any atom is -0.357 e. The number of hydrogen-bond donors (Lipinski definition) is 3. The molecule has 8 nitrogen and oxygen atoms in total. The Morgan fingerprint density at radius 2 is 1.94 bits per heavy atom. The topological polar surface area (TPSA) is 107 Å². The van der Waals surface area contributed by atoms with Gasteiger partial charge in [-0.1, -0.05) is 43.2 Å². The number of hydrogen-bond acceptors (Lipinski definition) is 5. The molecule has 4 aromatic rings. The molecule has 4 N–H and O–H groups in total. The molecule has 11 heteroatoms. The van der Waals surface area contributed by atoms with Gasteiger partial charge in [0.05, 0.1) is 22.2 Å². The van der Waals surface area contributed by atoms with E-state index in [4.69, 9.17) is 22.7 Å². The molecule has 0 aliphatic rings. The monoisotopic (exact) mass is 665 g/mol. The summed E-state index contributed by atoms with van der Waals surface area (Å²) in [6, 6.07) is 12.7. The minimum atomic E-state index is -0.580. The third-order valence-electron chi connectivity index (χ3n) is 8.54. The van der Waals surface area contributed by atoms with Crippen LogP contribution in [-0.4, -0.2) is 69.6 Å². The molecule has 252 valence electrons. The summed E-state index contributed by atoms with van der Waals surface area (Å²) in [5, 5.41) is 8.61. The predicted molar refractivity (Wildman–Crippen MR) is 189 cm³/mol. The molecule has 0 spiro atoms. The smallest absolute Gasteiger partial charge is 0.354 e. The molecule has 2 unspecified atom stereocenters. The number of H-pyrrole nitrogens is 1. The predicted octanol–water partition coefficient (Wildman–Crippen LogP) is 7.44. The molecule has 0 saturated heterocycles. The maximum atomic E-state index is 15.2. The van der Waals surface area contributed by atoms with E-state index in [0.717, 1.165) is 43.5 Å². The molecule has 0 fully saturated rings. The summed E-state index contributed by atoms with van der Waals surface area (Å²) >= 11 is 6.24. The zero-order chi connectivity index (χ0) is 34.1. The van der Waals surface area contributed by atoms with Gasteiger partial charge < -0.3 is 15.6 Å². The zero-order valence-corrected chi connectivity index (χ0v) is 28.3. The number of amidine groups is 1. The summed E-state index contributed by atoms with van der Waals surface area (Å²) in [5.41, 5.74) is 8.97. The average molecular weight is 666 g/mol. The first-order chi connectivity index (χ1) is 22.6. The third-order valence-corrected chi connectivity index (χ3v) is 8.81. The summed E-state index contributed by atoms with van der Waals surface area (Å²) in [4.78, 5) is 24.8. The number of benzene rings is 2. The van der Waals surface area contributed by atoms with E-state index in [9.17, 15) is 9.18 Å². The maximum Gasteiger partial charge on any atom is 0.354 e. The van der Waals surface area contributed by atoms with Crippen LogP contribution in [0.5, 0.6) is 0 Å². The fraction of sp³-hybridized carbons (Fsp3) is 0.417. The van der Waals surface area contributed by atoms with Crippen LogP contribution in [0.4, 0.5) is 8.78 Å². The van der Waals surface area contributed by atoms with Crippen LogP contribution in [0.1, 0.15) is 63.1 Å². The van der Waals surface area contributed by atoms with Crippen LogP contribution in [0.15, 0.2) is 66.1 Å². The quantitative estimate of drug-likeness (QED) is 0.0617. The van der Waals surface area contributed by atoms with Crippen molar-refractivity contribution in [1.29, 1.82) is 5.41 Å². The van der Waals surface area contributed by atoms with Crippen molar-refractivity contribution in [2.24, 2.45) is 5.73 Å². The SMILES string of the molecule is C=CCN(CCCN(C)C(CCC)c1ccc(-n2cc3cc(-c4cc(CCCC(N)CF)cc(Cl)c4F)[nH]c3nc2=O)cc1)C(C)=N. The van der Waals surface area contributed by atoms with Crippen molar-refractivity contribution in [3.63, 3.8) is 0 Å². The number of aryl methyl sites for hydroxylation is 1. The Kier molecular flexibility index (Phi) is 12.9. The van der Waals surface area contributed by atoms with Gasteiger partial charge in [-0.25, -0.2) is 13.6 Å². The molecule has 47 heavy (non-hydrogen) atoms. The summed E-state index contributed by atoms with van der Waals surface area (Å²) in [6.07, 6.45) is 8.21. The second kappa shape index (κ2) is 16.8. The number of nitrogens with one attached hydrogen (secondary N) is 2. The number of nitrogens with zero attached hydrogens (tertiary/aromatic N) is 4. The molecule has 2 aromatic carbocycles. The van der Waals surface area contributed by atoms with Crippen molar-refractivity contribution < 1.29 is 8.78 Å². The summed E-state index contributed by atoms with van der Waals surface area (Å²) in [6.45, 7) is 9.54.